The highest BCUT2D eigenvalue weighted by Gasteiger charge is 2.17. The van der Waals surface area contributed by atoms with E-state index in [1.54, 1.807) is 0 Å². The summed E-state index contributed by atoms with van der Waals surface area (Å²) < 4.78 is 15.0. The highest BCUT2D eigenvalue weighted by atomic mass is 16.7. The van der Waals surface area contributed by atoms with Gasteiger partial charge in [0.2, 0.25) is 0 Å². The molecule has 15 heavy (non-hydrogen) atoms. The van der Waals surface area contributed by atoms with Crippen molar-refractivity contribution in [2.24, 2.45) is 0 Å². The molecule has 1 unspecified atom stereocenters. The molecule has 1 heterocycles. The van der Waals surface area contributed by atoms with Crippen molar-refractivity contribution < 1.29 is 19.0 Å². The van der Waals surface area contributed by atoms with Crippen LogP contribution in [0.5, 0.6) is 0 Å². The summed E-state index contributed by atoms with van der Waals surface area (Å²) in [4.78, 5) is 11.3. The number of hydrogen-bond donors (Lipinski definition) is 2. The fourth-order valence-corrected chi connectivity index (χ4v) is 1.32. The molecule has 0 saturated carbocycles. The van der Waals surface area contributed by atoms with Crippen molar-refractivity contribution >= 4 is 6.03 Å². The van der Waals surface area contributed by atoms with E-state index in [1.165, 1.54) is 14.2 Å². The minimum atomic E-state index is -0.407. The van der Waals surface area contributed by atoms with Gasteiger partial charge in [-0.1, -0.05) is 0 Å². The van der Waals surface area contributed by atoms with Crippen LogP contribution in [0, 0.1) is 0 Å². The van der Waals surface area contributed by atoms with E-state index in [0.717, 1.165) is 6.42 Å². The van der Waals surface area contributed by atoms with Crippen LogP contribution in [0.25, 0.3) is 0 Å². The zero-order chi connectivity index (χ0) is 11.1. The minimum absolute atomic E-state index is 0.119. The number of rotatable bonds is 5. The molecule has 1 aliphatic heterocycles. The molecule has 88 valence electrons. The Kier molecular flexibility index (Phi) is 5.38. The average Bonchev–Trinajstić information content (AvgIpc) is 2.72. The van der Waals surface area contributed by atoms with Crippen molar-refractivity contribution in [1.29, 1.82) is 0 Å². The van der Waals surface area contributed by atoms with E-state index in [4.69, 9.17) is 14.2 Å². The SMILES string of the molecule is COC(CNC(=O)NC1CCOC1)OC. The van der Waals surface area contributed by atoms with E-state index in [9.17, 15) is 4.79 Å². The number of hydrogen-bond acceptors (Lipinski definition) is 4. The van der Waals surface area contributed by atoms with Crippen LogP contribution >= 0.6 is 0 Å². The third kappa shape index (κ3) is 4.46. The molecule has 6 heteroatoms. The van der Waals surface area contributed by atoms with E-state index in [0.29, 0.717) is 19.8 Å². The molecule has 1 atom stereocenters. The largest absolute Gasteiger partial charge is 0.379 e. The third-order valence-electron chi connectivity index (χ3n) is 2.22. The fourth-order valence-electron chi connectivity index (χ4n) is 1.32. The van der Waals surface area contributed by atoms with Crippen LogP contribution in [-0.2, 0) is 14.2 Å². The zero-order valence-electron chi connectivity index (χ0n) is 9.12. The Morgan fingerprint density at radius 1 is 1.53 bits per heavy atom. The van der Waals surface area contributed by atoms with Gasteiger partial charge in [0, 0.05) is 20.8 Å². The molecule has 1 aliphatic rings. The summed E-state index contributed by atoms with van der Waals surface area (Å²) in [6, 6.07) is -0.0989. The molecule has 0 radical (unpaired) electrons. The topological polar surface area (TPSA) is 68.8 Å². The van der Waals surface area contributed by atoms with E-state index >= 15 is 0 Å². The minimum Gasteiger partial charge on any atom is -0.379 e. The molecular weight excluding hydrogens is 200 g/mol. The summed E-state index contributed by atoms with van der Waals surface area (Å²) in [7, 11) is 3.05. The van der Waals surface area contributed by atoms with Crippen molar-refractivity contribution in [2.45, 2.75) is 18.8 Å². The number of ether oxygens (including phenoxy) is 3. The lowest BCUT2D eigenvalue weighted by molar-refractivity contribution is -0.0971. The predicted molar refractivity (Wildman–Crippen MR) is 53.6 cm³/mol. The first-order chi connectivity index (χ1) is 7.26. The first-order valence-electron chi connectivity index (χ1n) is 4.94. The van der Waals surface area contributed by atoms with Gasteiger partial charge in [-0.05, 0) is 6.42 Å². The maximum atomic E-state index is 11.3. The summed E-state index contributed by atoms with van der Waals surface area (Å²) >= 11 is 0. The summed E-state index contributed by atoms with van der Waals surface area (Å²) in [5.41, 5.74) is 0. The van der Waals surface area contributed by atoms with Gasteiger partial charge in [-0.3, -0.25) is 0 Å². The van der Waals surface area contributed by atoms with Gasteiger partial charge in [0.05, 0.1) is 19.2 Å². The van der Waals surface area contributed by atoms with Gasteiger partial charge in [-0.15, -0.1) is 0 Å². The summed E-state index contributed by atoms with van der Waals surface area (Å²) in [6.45, 7) is 1.63. The number of carbonyl (C=O) groups excluding carboxylic acids is 1. The lowest BCUT2D eigenvalue weighted by Crippen LogP contribution is -2.45. The van der Waals surface area contributed by atoms with Gasteiger partial charge < -0.3 is 24.8 Å². The number of amides is 2. The molecular formula is C9H18N2O4. The first-order valence-corrected chi connectivity index (χ1v) is 4.94. The molecule has 1 saturated heterocycles. The van der Waals surface area contributed by atoms with E-state index in [2.05, 4.69) is 10.6 Å². The molecule has 0 aromatic heterocycles. The number of carbonyl (C=O) groups is 1. The Morgan fingerprint density at radius 2 is 2.27 bits per heavy atom. The normalized spacial score (nSPS) is 20.6. The highest BCUT2D eigenvalue weighted by molar-refractivity contribution is 5.74. The molecule has 1 rings (SSSR count). The molecule has 0 bridgehead atoms. The second kappa shape index (κ2) is 6.60. The smallest absolute Gasteiger partial charge is 0.315 e. The Balaban J connectivity index is 2.12. The lowest BCUT2D eigenvalue weighted by atomic mass is 10.3. The van der Waals surface area contributed by atoms with E-state index in [1.807, 2.05) is 0 Å². The van der Waals surface area contributed by atoms with Crippen LogP contribution in [0.3, 0.4) is 0 Å². The molecule has 0 aromatic rings. The van der Waals surface area contributed by atoms with Crippen LogP contribution in [0.15, 0.2) is 0 Å². The van der Waals surface area contributed by atoms with Crippen LogP contribution in [0.1, 0.15) is 6.42 Å². The van der Waals surface area contributed by atoms with Crippen LogP contribution in [0.2, 0.25) is 0 Å². The Bertz CT molecular complexity index is 191. The van der Waals surface area contributed by atoms with Crippen molar-refractivity contribution in [3.63, 3.8) is 0 Å². The zero-order valence-corrected chi connectivity index (χ0v) is 9.12. The summed E-state index contributed by atoms with van der Waals surface area (Å²) in [5.74, 6) is 0. The Hall–Kier alpha value is -0.850. The van der Waals surface area contributed by atoms with Crippen LogP contribution < -0.4 is 10.6 Å². The van der Waals surface area contributed by atoms with Crippen LogP contribution in [-0.4, -0.2) is 52.3 Å². The molecule has 2 amide bonds. The quantitative estimate of drug-likeness (QED) is 0.621. The van der Waals surface area contributed by atoms with E-state index < -0.39 is 6.29 Å². The van der Waals surface area contributed by atoms with Gasteiger partial charge >= 0.3 is 6.03 Å². The molecule has 0 aromatic carbocycles. The highest BCUT2D eigenvalue weighted by Crippen LogP contribution is 2.02. The summed E-state index contributed by atoms with van der Waals surface area (Å²) in [6.07, 6.45) is 0.460. The van der Waals surface area contributed by atoms with Gasteiger partial charge in [0.1, 0.15) is 0 Å². The first kappa shape index (κ1) is 12.2. The molecule has 2 N–H and O–H groups in total. The maximum absolute atomic E-state index is 11.3. The van der Waals surface area contributed by atoms with Gasteiger partial charge in [-0.2, -0.15) is 0 Å². The molecule has 1 fully saturated rings. The fraction of sp³-hybridized carbons (Fsp3) is 0.889. The van der Waals surface area contributed by atoms with E-state index in [-0.39, 0.29) is 12.1 Å². The Labute approximate surface area is 89.3 Å². The third-order valence-corrected chi connectivity index (χ3v) is 2.22. The van der Waals surface area contributed by atoms with Gasteiger partial charge in [-0.25, -0.2) is 4.79 Å². The number of nitrogens with one attached hydrogen (secondary N) is 2. The Morgan fingerprint density at radius 3 is 2.80 bits per heavy atom. The van der Waals surface area contributed by atoms with Crippen molar-refractivity contribution in [3.05, 3.63) is 0 Å². The molecule has 6 nitrogen and oxygen atoms in total. The van der Waals surface area contributed by atoms with Crippen molar-refractivity contribution in [1.82, 2.24) is 10.6 Å². The lowest BCUT2D eigenvalue weighted by Gasteiger charge is -2.16. The maximum Gasteiger partial charge on any atom is 0.315 e. The molecule has 0 spiro atoms. The second-order valence-electron chi connectivity index (χ2n) is 3.32. The monoisotopic (exact) mass is 218 g/mol. The standard InChI is InChI=1S/C9H18N2O4/c1-13-8(14-2)5-10-9(12)11-7-3-4-15-6-7/h7-8H,3-6H2,1-2H3,(H2,10,11,12). The number of urea groups is 1. The number of methoxy groups -OCH3 is 2. The second-order valence-corrected chi connectivity index (χ2v) is 3.32. The van der Waals surface area contributed by atoms with Crippen molar-refractivity contribution in [2.75, 3.05) is 34.0 Å². The molecule has 0 aliphatic carbocycles. The van der Waals surface area contributed by atoms with Gasteiger partial charge in [0.25, 0.3) is 0 Å². The summed E-state index contributed by atoms with van der Waals surface area (Å²) in [5, 5.41) is 5.45. The van der Waals surface area contributed by atoms with Crippen LogP contribution in [0.4, 0.5) is 4.79 Å². The predicted octanol–water partition coefficient (Wildman–Crippen LogP) is -0.307. The van der Waals surface area contributed by atoms with Crippen molar-refractivity contribution in [3.8, 4) is 0 Å². The van der Waals surface area contributed by atoms with Gasteiger partial charge in [0.15, 0.2) is 6.29 Å². The average molecular weight is 218 g/mol.